The summed E-state index contributed by atoms with van der Waals surface area (Å²) in [5, 5.41) is 4.76. The molecule has 0 saturated carbocycles. The molecule has 1 aromatic carbocycles. The average Bonchev–Trinajstić information content (AvgIpc) is 2.99. The van der Waals surface area contributed by atoms with Crippen LogP contribution >= 0.6 is 11.6 Å². The second kappa shape index (κ2) is 7.57. The normalized spacial score (nSPS) is 11.5. The van der Waals surface area contributed by atoms with Gasteiger partial charge >= 0.3 is 5.69 Å². The fourth-order valence-corrected chi connectivity index (χ4v) is 2.78. The van der Waals surface area contributed by atoms with Crippen LogP contribution < -0.4 is 16.7 Å². The van der Waals surface area contributed by atoms with Gasteiger partial charge in [0.15, 0.2) is 11.2 Å². The Kier molecular flexibility index (Phi) is 5.22. The van der Waals surface area contributed by atoms with Gasteiger partial charge in [0.25, 0.3) is 5.56 Å². The molecule has 2 heterocycles. The maximum atomic E-state index is 12.3. The predicted octanol–water partition coefficient (Wildman–Crippen LogP) is 2.32. The van der Waals surface area contributed by atoms with Crippen molar-refractivity contribution in [3.63, 3.8) is 0 Å². The van der Waals surface area contributed by atoms with Gasteiger partial charge in [-0.15, -0.1) is 0 Å². The van der Waals surface area contributed by atoms with Gasteiger partial charge < -0.3 is 4.57 Å². The van der Waals surface area contributed by atoms with Crippen molar-refractivity contribution in [2.24, 2.45) is 12.1 Å². The molecule has 2 aromatic heterocycles. The molecule has 0 saturated heterocycles. The Bertz CT molecular complexity index is 1080. The number of hydrogen-bond acceptors (Lipinski definition) is 5. The predicted molar refractivity (Wildman–Crippen MR) is 103 cm³/mol. The van der Waals surface area contributed by atoms with E-state index in [2.05, 4.69) is 27.4 Å². The summed E-state index contributed by atoms with van der Waals surface area (Å²) in [5.74, 6) is 0.392. The summed E-state index contributed by atoms with van der Waals surface area (Å²) in [6, 6.07) is 7.31. The van der Waals surface area contributed by atoms with Gasteiger partial charge in [-0.3, -0.25) is 14.3 Å². The SMILES string of the molecule is CCCCn1c(NN=Cc2ccccc2Cl)nc2c1c(=O)[nH]c(=O)n2C. The van der Waals surface area contributed by atoms with Crippen molar-refractivity contribution in [1.29, 1.82) is 0 Å². The van der Waals surface area contributed by atoms with Crippen LogP contribution in [0.5, 0.6) is 0 Å². The molecule has 2 N–H and O–H groups in total. The van der Waals surface area contributed by atoms with Crippen LogP contribution in [0.15, 0.2) is 39.0 Å². The van der Waals surface area contributed by atoms with Crippen LogP contribution in [0.4, 0.5) is 5.95 Å². The second-order valence-corrected chi connectivity index (χ2v) is 6.23. The number of anilines is 1. The van der Waals surface area contributed by atoms with Gasteiger partial charge in [0.2, 0.25) is 5.95 Å². The number of aromatic amines is 1. The van der Waals surface area contributed by atoms with E-state index in [0.29, 0.717) is 28.7 Å². The topological polar surface area (TPSA) is 97.1 Å². The van der Waals surface area contributed by atoms with Gasteiger partial charge in [-0.05, 0) is 12.5 Å². The number of unbranched alkanes of at least 4 members (excludes halogenated alkanes) is 1. The van der Waals surface area contributed by atoms with E-state index in [1.54, 1.807) is 23.9 Å². The lowest BCUT2D eigenvalue weighted by molar-refractivity contribution is 0.647. The highest BCUT2D eigenvalue weighted by atomic mass is 35.5. The van der Waals surface area contributed by atoms with Gasteiger partial charge in [-0.1, -0.05) is 43.1 Å². The molecule has 0 amide bonds. The zero-order valence-electron chi connectivity index (χ0n) is 14.5. The van der Waals surface area contributed by atoms with Gasteiger partial charge in [0.05, 0.1) is 6.21 Å². The van der Waals surface area contributed by atoms with E-state index >= 15 is 0 Å². The van der Waals surface area contributed by atoms with Crippen LogP contribution in [0, 0.1) is 0 Å². The third-order valence-corrected chi connectivity index (χ3v) is 4.36. The number of hydrogen-bond donors (Lipinski definition) is 2. The van der Waals surface area contributed by atoms with E-state index in [9.17, 15) is 9.59 Å². The molecule has 0 unspecified atom stereocenters. The molecule has 9 heteroatoms. The fourth-order valence-electron chi connectivity index (χ4n) is 2.59. The van der Waals surface area contributed by atoms with Crippen LogP contribution in [-0.2, 0) is 13.6 Å². The molecule has 0 atom stereocenters. The molecule has 136 valence electrons. The van der Waals surface area contributed by atoms with E-state index in [4.69, 9.17) is 11.6 Å². The van der Waals surface area contributed by atoms with Gasteiger partial charge in [-0.25, -0.2) is 10.2 Å². The van der Waals surface area contributed by atoms with Crippen molar-refractivity contribution < 1.29 is 0 Å². The molecule has 3 rings (SSSR count). The fraction of sp³-hybridized carbons (Fsp3) is 0.294. The number of benzene rings is 1. The first-order valence-electron chi connectivity index (χ1n) is 8.26. The second-order valence-electron chi connectivity index (χ2n) is 5.82. The number of rotatable bonds is 6. The van der Waals surface area contributed by atoms with Crippen LogP contribution in [0.25, 0.3) is 11.2 Å². The highest BCUT2D eigenvalue weighted by Crippen LogP contribution is 2.17. The number of aryl methyl sites for hydroxylation is 2. The molecule has 0 bridgehead atoms. The Hall–Kier alpha value is -2.87. The molecular weight excluding hydrogens is 356 g/mol. The number of imidazole rings is 1. The molecule has 3 aromatic rings. The molecule has 0 radical (unpaired) electrons. The Morgan fingerprint density at radius 3 is 2.85 bits per heavy atom. The maximum absolute atomic E-state index is 12.3. The number of nitrogens with one attached hydrogen (secondary N) is 2. The van der Waals surface area contributed by atoms with E-state index < -0.39 is 11.2 Å². The number of hydrazone groups is 1. The van der Waals surface area contributed by atoms with Crippen LogP contribution in [0.3, 0.4) is 0 Å². The lowest BCUT2D eigenvalue weighted by atomic mass is 10.2. The third kappa shape index (κ3) is 3.41. The van der Waals surface area contributed by atoms with Gasteiger partial charge in [-0.2, -0.15) is 10.1 Å². The Morgan fingerprint density at radius 2 is 2.12 bits per heavy atom. The molecule has 0 aliphatic rings. The van der Waals surface area contributed by atoms with Crippen molar-refractivity contribution in [3.05, 3.63) is 55.7 Å². The van der Waals surface area contributed by atoms with Gasteiger partial charge in [0, 0.05) is 24.2 Å². The smallest absolute Gasteiger partial charge is 0.303 e. The summed E-state index contributed by atoms with van der Waals surface area (Å²) in [6.45, 7) is 2.64. The standard InChI is InChI=1S/C17H19ClN6O2/c1-3-4-9-24-13-14(23(2)17(26)21-15(13)25)20-16(24)22-19-10-11-7-5-6-8-12(11)18/h5-8,10H,3-4,9H2,1-2H3,(H,20,22)(H,21,25,26). The van der Waals surface area contributed by atoms with Crippen LogP contribution in [0.1, 0.15) is 25.3 Å². The van der Waals surface area contributed by atoms with E-state index in [0.717, 1.165) is 18.4 Å². The monoisotopic (exact) mass is 374 g/mol. The largest absolute Gasteiger partial charge is 0.329 e. The summed E-state index contributed by atoms with van der Waals surface area (Å²) in [6.07, 6.45) is 3.39. The van der Waals surface area contributed by atoms with Crippen LogP contribution in [-0.4, -0.2) is 25.3 Å². The van der Waals surface area contributed by atoms with E-state index in [-0.39, 0.29) is 0 Å². The molecule has 0 spiro atoms. The average molecular weight is 375 g/mol. The molecule has 0 fully saturated rings. The number of aromatic nitrogens is 4. The summed E-state index contributed by atoms with van der Waals surface area (Å²) in [4.78, 5) is 30.8. The minimum Gasteiger partial charge on any atom is -0.303 e. The number of H-pyrrole nitrogens is 1. The van der Waals surface area contributed by atoms with E-state index in [1.807, 2.05) is 18.2 Å². The molecule has 0 aliphatic carbocycles. The van der Waals surface area contributed by atoms with Crippen molar-refractivity contribution in [3.8, 4) is 0 Å². The Morgan fingerprint density at radius 1 is 1.35 bits per heavy atom. The summed E-state index contributed by atoms with van der Waals surface area (Å²) in [5.41, 5.74) is 3.29. The molecule has 26 heavy (non-hydrogen) atoms. The van der Waals surface area contributed by atoms with Crippen molar-refractivity contribution in [1.82, 2.24) is 19.1 Å². The molecule has 0 aliphatic heterocycles. The van der Waals surface area contributed by atoms with E-state index in [1.165, 1.54) is 4.57 Å². The number of nitrogens with zero attached hydrogens (tertiary/aromatic N) is 4. The zero-order valence-corrected chi connectivity index (χ0v) is 15.2. The lowest BCUT2D eigenvalue weighted by Gasteiger charge is -2.07. The van der Waals surface area contributed by atoms with Crippen LogP contribution in [0.2, 0.25) is 5.02 Å². The van der Waals surface area contributed by atoms with Crippen molar-refractivity contribution in [2.45, 2.75) is 26.3 Å². The van der Waals surface area contributed by atoms with Crippen molar-refractivity contribution in [2.75, 3.05) is 5.43 Å². The maximum Gasteiger partial charge on any atom is 0.329 e. The quantitative estimate of drug-likeness (QED) is 0.511. The first kappa shape index (κ1) is 17.9. The Balaban J connectivity index is 2.03. The molecular formula is C17H19ClN6O2. The van der Waals surface area contributed by atoms with Crippen molar-refractivity contribution >= 4 is 34.9 Å². The van der Waals surface area contributed by atoms with Gasteiger partial charge in [0.1, 0.15) is 0 Å². The lowest BCUT2D eigenvalue weighted by Crippen LogP contribution is -2.29. The zero-order chi connectivity index (χ0) is 18.7. The molecule has 8 nitrogen and oxygen atoms in total. The highest BCUT2D eigenvalue weighted by Gasteiger charge is 2.16. The first-order valence-corrected chi connectivity index (χ1v) is 8.64. The highest BCUT2D eigenvalue weighted by molar-refractivity contribution is 6.33. The number of halogens is 1. The number of fused-ring (bicyclic) bond motifs is 1. The summed E-state index contributed by atoms with van der Waals surface area (Å²) in [7, 11) is 1.56. The Labute approximate surface area is 154 Å². The minimum atomic E-state index is -0.506. The summed E-state index contributed by atoms with van der Waals surface area (Å²) >= 11 is 6.11. The minimum absolute atomic E-state index is 0.310. The first-order chi connectivity index (χ1) is 12.5. The summed E-state index contributed by atoms with van der Waals surface area (Å²) < 4.78 is 3.04. The third-order valence-electron chi connectivity index (χ3n) is 4.02.